The van der Waals surface area contributed by atoms with Crippen molar-refractivity contribution in [2.24, 2.45) is 0 Å². The smallest absolute Gasteiger partial charge is 0.141 e. The number of hydrogen-bond acceptors (Lipinski definition) is 8. The van der Waals surface area contributed by atoms with Gasteiger partial charge < -0.3 is 20.1 Å². The summed E-state index contributed by atoms with van der Waals surface area (Å²) < 4.78 is 24.7. The van der Waals surface area contributed by atoms with Crippen molar-refractivity contribution in [1.82, 2.24) is 20.8 Å². The fourth-order valence-electron chi connectivity index (χ4n) is 4.26. The first-order valence-corrected chi connectivity index (χ1v) is 13.3. The number of anilines is 2. The zero-order chi connectivity index (χ0) is 27.7. The van der Waals surface area contributed by atoms with Crippen LogP contribution < -0.4 is 20.9 Å². The molecule has 206 valence electrons. The molecule has 0 aliphatic carbocycles. The lowest BCUT2D eigenvalue weighted by Gasteiger charge is -2.24. The molecule has 1 saturated heterocycles. The van der Waals surface area contributed by atoms with Crippen LogP contribution in [0.2, 0.25) is 5.02 Å². The molecule has 8 nitrogen and oxygen atoms in total. The molecule has 2 atom stereocenters. The van der Waals surface area contributed by atoms with Gasteiger partial charge in [-0.15, -0.1) is 5.92 Å². The maximum absolute atomic E-state index is 13.5. The number of hydrogen-bond donors (Lipinski definition) is 3. The zero-order valence-electron chi connectivity index (χ0n) is 21.9. The summed E-state index contributed by atoms with van der Waals surface area (Å²) >= 11 is 6.50. The van der Waals surface area contributed by atoms with Gasteiger partial charge in [0, 0.05) is 17.6 Å². The summed E-state index contributed by atoms with van der Waals surface area (Å²) in [6, 6.07) is 17.3. The number of aromatic nitrogens is 2. The molecule has 5 rings (SSSR count). The van der Waals surface area contributed by atoms with Crippen molar-refractivity contribution in [3.63, 3.8) is 0 Å². The molecule has 40 heavy (non-hydrogen) atoms. The van der Waals surface area contributed by atoms with Gasteiger partial charge in [0.2, 0.25) is 0 Å². The monoisotopic (exact) mass is 561 g/mol. The van der Waals surface area contributed by atoms with E-state index in [2.05, 4.69) is 37.9 Å². The second-order valence-electron chi connectivity index (χ2n) is 9.17. The summed E-state index contributed by atoms with van der Waals surface area (Å²) in [5, 5.41) is 7.92. The van der Waals surface area contributed by atoms with Gasteiger partial charge in [-0.05, 0) is 60.5 Å². The van der Waals surface area contributed by atoms with E-state index in [-0.39, 0.29) is 24.5 Å². The molecule has 3 aromatic carbocycles. The van der Waals surface area contributed by atoms with Crippen LogP contribution in [0.25, 0.3) is 10.9 Å². The molecular weight excluding hydrogens is 533 g/mol. The molecule has 2 heterocycles. The van der Waals surface area contributed by atoms with Crippen molar-refractivity contribution < 1.29 is 18.7 Å². The molecule has 0 amide bonds. The number of fused-ring (bicyclic) bond motifs is 1. The molecule has 0 saturated carbocycles. The lowest BCUT2D eigenvalue weighted by molar-refractivity contribution is -0.0187. The van der Waals surface area contributed by atoms with E-state index in [9.17, 15) is 4.39 Å². The number of halogens is 2. The predicted octanol–water partition coefficient (Wildman–Crippen LogP) is 5.32. The number of morpholine rings is 1. The van der Waals surface area contributed by atoms with Gasteiger partial charge in [-0.2, -0.15) is 5.48 Å². The Bertz CT molecular complexity index is 1520. The fourth-order valence-corrected chi connectivity index (χ4v) is 4.49. The highest BCUT2D eigenvalue weighted by molar-refractivity contribution is 6.32. The SMILES string of the molecule is CC#CC(NOC[C@H]1COCCN1)c1ccc2ncnc(Nc3ccc(OCc4cccc(F)c4)c(Cl)c3)c2c1. The van der Waals surface area contributed by atoms with Gasteiger partial charge in [0.25, 0.3) is 0 Å². The highest BCUT2D eigenvalue weighted by Crippen LogP contribution is 2.31. The van der Waals surface area contributed by atoms with Crippen molar-refractivity contribution in [3.05, 3.63) is 89.0 Å². The van der Waals surface area contributed by atoms with Crippen LogP contribution in [0.4, 0.5) is 15.9 Å². The summed E-state index contributed by atoms with van der Waals surface area (Å²) in [5.74, 6) is 6.93. The summed E-state index contributed by atoms with van der Waals surface area (Å²) in [7, 11) is 0. The van der Waals surface area contributed by atoms with Gasteiger partial charge in [0.15, 0.2) is 0 Å². The first-order chi connectivity index (χ1) is 19.6. The Hall–Kier alpha value is -3.78. The van der Waals surface area contributed by atoms with E-state index in [0.717, 1.165) is 28.7 Å². The largest absolute Gasteiger partial charge is 0.487 e. The van der Waals surface area contributed by atoms with Gasteiger partial charge >= 0.3 is 0 Å². The van der Waals surface area contributed by atoms with Gasteiger partial charge in [0.05, 0.1) is 36.4 Å². The standard InChI is InChI=1S/C30H29ClFN5O3/c1-2-4-27(37-40-18-24-17-38-12-11-33-24)21-7-9-28-25(14-21)30(35-19-34-28)36-23-8-10-29(26(31)15-23)39-16-20-5-3-6-22(32)13-20/h3,5-10,13-15,19,24,27,33,37H,11-12,16-18H2,1H3,(H,34,35,36)/t24-,27?/m1/s1. The molecular formula is C30H29ClFN5O3. The van der Waals surface area contributed by atoms with Crippen LogP contribution in [0.15, 0.2) is 67.0 Å². The molecule has 4 aromatic rings. The Morgan fingerprint density at radius 3 is 2.90 bits per heavy atom. The predicted molar refractivity (Wildman–Crippen MR) is 153 cm³/mol. The minimum Gasteiger partial charge on any atom is -0.487 e. The highest BCUT2D eigenvalue weighted by atomic mass is 35.5. The van der Waals surface area contributed by atoms with Crippen molar-refractivity contribution in [2.75, 3.05) is 31.7 Å². The molecule has 0 radical (unpaired) electrons. The van der Waals surface area contributed by atoms with Gasteiger partial charge in [0.1, 0.15) is 36.4 Å². The normalized spacial score (nSPS) is 15.7. The lowest BCUT2D eigenvalue weighted by Crippen LogP contribution is -2.45. The maximum atomic E-state index is 13.5. The van der Waals surface area contributed by atoms with Crippen molar-refractivity contribution >= 4 is 34.0 Å². The molecule has 10 heteroatoms. The molecule has 1 fully saturated rings. The first kappa shape index (κ1) is 27.8. The maximum Gasteiger partial charge on any atom is 0.141 e. The average Bonchev–Trinajstić information content (AvgIpc) is 2.97. The number of hydroxylamine groups is 1. The molecule has 1 aromatic heterocycles. The van der Waals surface area contributed by atoms with Gasteiger partial charge in [-0.25, -0.2) is 14.4 Å². The third kappa shape index (κ3) is 7.24. The van der Waals surface area contributed by atoms with Crippen LogP contribution in [-0.2, 0) is 16.2 Å². The Morgan fingerprint density at radius 1 is 1.18 bits per heavy atom. The Kier molecular flexibility index (Phi) is 9.39. The summed E-state index contributed by atoms with van der Waals surface area (Å²) in [5.41, 5.74) is 6.20. The van der Waals surface area contributed by atoms with E-state index in [0.29, 0.717) is 42.0 Å². The van der Waals surface area contributed by atoms with Crippen LogP contribution >= 0.6 is 11.6 Å². The average molecular weight is 562 g/mol. The van der Waals surface area contributed by atoms with E-state index in [1.165, 1.54) is 18.5 Å². The molecule has 0 spiro atoms. The van der Waals surface area contributed by atoms with Crippen LogP contribution in [0.5, 0.6) is 5.75 Å². The Morgan fingerprint density at radius 2 is 2.10 bits per heavy atom. The quantitative estimate of drug-likeness (QED) is 0.177. The second kappa shape index (κ2) is 13.5. The number of nitrogens with one attached hydrogen (secondary N) is 3. The first-order valence-electron chi connectivity index (χ1n) is 12.9. The van der Waals surface area contributed by atoms with Crippen molar-refractivity contribution in [1.29, 1.82) is 0 Å². The van der Waals surface area contributed by atoms with E-state index in [4.69, 9.17) is 25.9 Å². The molecule has 1 unspecified atom stereocenters. The van der Waals surface area contributed by atoms with Crippen molar-refractivity contribution in [3.8, 4) is 17.6 Å². The Balaban J connectivity index is 1.29. The molecule has 1 aliphatic rings. The third-order valence-corrected chi connectivity index (χ3v) is 6.54. The van der Waals surface area contributed by atoms with Crippen LogP contribution in [0.1, 0.15) is 24.1 Å². The third-order valence-electron chi connectivity index (χ3n) is 6.24. The van der Waals surface area contributed by atoms with E-state index < -0.39 is 0 Å². The number of nitrogens with zero attached hydrogens (tertiary/aromatic N) is 2. The van der Waals surface area contributed by atoms with Gasteiger partial charge in [-0.1, -0.05) is 35.7 Å². The molecule has 1 aliphatic heterocycles. The topological polar surface area (TPSA) is 89.6 Å². The van der Waals surface area contributed by atoms with Crippen LogP contribution in [0.3, 0.4) is 0 Å². The van der Waals surface area contributed by atoms with E-state index in [1.54, 1.807) is 31.2 Å². The summed E-state index contributed by atoms with van der Waals surface area (Å²) in [4.78, 5) is 14.6. The zero-order valence-corrected chi connectivity index (χ0v) is 22.7. The van der Waals surface area contributed by atoms with Gasteiger partial charge in [-0.3, -0.25) is 4.84 Å². The van der Waals surface area contributed by atoms with Crippen LogP contribution in [-0.4, -0.2) is 42.4 Å². The lowest BCUT2D eigenvalue weighted by atomic mass is 10.0. The number of ether oxygens (including phenoxy) is 2. The van der Waals surface area contributed by atoms with Crippen LogP contribution in [0, 0.1) is 17.7 Å². The second-order valence-corrected chi connectivity index (χ2v) is 9.58. The molecule has 3 N–H and O–H groups in total. The summed E-state index contributed by atoms with van der Waals surface area (Å²) in [6.45, 7) is 4.57. The minimum atomic E-state index is -0.351. The summed E-state index contributed by atoms with van der Waals surface area (Å²) in [6.07, 6.45) is 1.51. The Labute approximate surface area is 237 Å². The number of rotatable bonds is 10. The minimum absolute atomic E-state index is 0.127. The van der Waals surface area contributed by atoms with Crippen molar-refractivity contribution in [2.45, 2.75) is 25.6 Å². The van der Waals surface area contributed by atoms with E-state index in [1.807, 2.05) is 24.3 Å². The fraction of sp³-hybridized carbons (Fsp3) is 0.267. The van der Waals surface area contributed by atoms with E-state index >= 15 is 0 Å². The molecule has 0 bridgehead atoms. The highest BCUT2D eigenvalue weighted by Gasteiger charge is 2.16. The number of benzene rings is 3.